The van der Waals surface area contributed by atoms with E-state index in [4.69, 9.17) is 10.2 Å². The van der Waals surface area contributed by atoms with Crippen molar-refractivity contribution in [2.45, 2.75) is 0 Å². The molecule has 0 fully saturated rings. The number of rotatable bonds is 3. The molecule has 0 radical (unpaired) electrons. The van der Waals surface area contributed by atoms with Crippen molar-refractivity contribution in [3.05, 3.63) is 41.7 Å². The van der Waals surface area contributed by atoms with Crippen LogP contribution in [0.5, 0.6) is 0 Å². The van der Waals surface area contributed by atoms with Crippen LogP contribution in [0.3, 0.4) is 0 Å². The molecule has 18 heavy (non-hydrogen) atoms. The minimum absolute atomic E-state index is 0.188. The van der Waals surface area contributed by atoms with Gasteiger partial charge in [-0.2, -0.15) is 0 Å². The van der Waals surface area contributed by atoms with Crippen LogP contribution in [-0.4, -0.2) is 32.1 Å². The smallest absolute Gasteiger partial charge is 0.343 e. The van der Waals surface area contributed by atoms with Crippen molar-refractivity contribution in [2.24, 2.45) is 0 Å². The second-order valence-electron chi connectivity index (χ2n) is 3.45. The molecule has 0 aliphatic heterocycles. The summed E-state index contributed by atoms with van der Waals surface area (Å²) in [5.74, 6) is -3.03. The van der Waals surface area contributed by atoms with Gasteiger partial charge in [-0.1, -0.05) is 12.1 Å². The molecule has 2 rings (SSSR count). The number of aliphatic carboxylic acids is 2. The van der Waals surface area contributed by atoms with Gasteiger partial charge in [-0.05, 0) is 18.2 Å². The highest BCUT2D eigenvalue weighted by molar-refractivity contribution is 6.16. The standard InChI is InChI=1S/C12H8N2O4/c15-11(16)8(12(17)18)5-7-6-13-9-3-1-2-4-10(9)14-7/h1-6H,(H,15,16)(H,17,18). The van der Waals surface area contributed by atoms with E-state index in [0.717, 1.165) is 6.08 Å². The van der Waals surface area contributed by atoms with Crippen molar-refractivity contribution < 1.29 is 19.8 Å². The van der Waals surface area contributed by atoms with E-state index >= 15 is 0 Å². The lowest BCUT2D eigenvalue weighted by molar-refractivity contribution is -0.140. The topological polar surface area (TPSA) is 100 Å². The fourth-order valence-corrected chi connectivity index (χ4v) is 1.40. The number of carboxylic acid groups (broad SMARTS) is 2. The van der Waals surface area contributed by atoms with Crippen molar-refractivity contribution in [3.63, 3.8) is 0 Å². The first-order chi connectivity index (χ1) is 8.58. The fourth-order valence-electron chi connectivity index (χ4n) is 1.40. The van der Waals surface area contributed by atoms with E-state index in [9.17, 15) is 9.59 Å². The van der Waals surface area contributed by atoms with Gasteiger partial charge in [-0.15, -0.1) is 0 Å². The molecule has 1 aromatic carbocycles. The van der Waals surface area contributed by atoms with Crippen molar-refractivity contribution in [3.8, 4) is 0 Å². The summed E-state index contributed by atoms with van der Waals surface area (Å²) in [7, 11) is 0. The molecular formula is C12H8N2O4. The van der Waals surface area contributed by atoms with Gasteiger partial charge in [0.2, 0.25) is 0 Å². The number of nitrogens with zero attached hydrogens (tertiary/aromatic N) is 2. The third-order valence-electron chi connectivity index (χ3n) is 2.22. The zero-order chi connectivity index (χ0) is 13.1. The predicted octanol–water partition coefficient (Wildman–Crippen LogP) is 1.18. The second kappa shape index (κ2) is 4.62. The highest BCUT2D eigenvalue weighted by atomic mass is 16.4. The summed E-state index contributed by atoms with van der Waals surface area (Å²) in [4.78, 5) is 29.6. The maximum absolute atomic E-state index is 10.7. The average molecular weight is 244 g/mol. The van der Waals surface area contributed by atoms with Gasteiger partial charge in [-0.25, -0.2) is 14.6 Å². The first kappa shape index (κ1) is 11.7. The number of para-hydroxylation sites is 2. The lowest BCUT2D eigenvalue weighted by Gasteiger charge is -1.99. The van der Waals surface area contributed by atoms with Crippen LogP contribution in [0.25, 0.3) is 17.1 Å². The predicted molar refractivity (Wildman–Crippen MR) is 62.8 cm³/mol. The summed E-state index contributed by atoms with van der Waals surface area (Å²) in [5, 5.41) is 17.4. The highest BCUT2D eigenvalue weighted by Gasteiger charge is 2.16. The number of carboxylic acids is 2. The minimum Gasteiger partial charge on any atom is -0.477 e. The molecule has 0 saturated carbocycles. The quantitative estimate of drug-likeness (QED) is 0.477. The Hall–Kier alpha value is -2.76. The molecule has 90 valence electrons. The van der Waals surface area contributed by atoms with Gasteiger partial charge in [-0.3, -0.25) is 4.98 Å². The Morgan fingerprint density at radius 3 is 2.28 bits per heavy atom. The molecule has 0 unspecified atom stereocenters. The van der Waals surface area contributed by atoms with Gasteiger partial charge in [0.25, 0.3) is 0 Å². The molecule has 0 saturated heterocycles. The Balaban J connectivity index is 2.51. The van der Waals surface area contributed by atoms with E-state index in [2.05, 4.69) is 9.97 Å². The van der Waals surface area contributed by atoms with Crippen LogP contribution in [0.2, 0.25) is 0 Å². The van der Waals surface area contributed by atoms with Gasteiger partial charge in [0, 0.05) is 0 Å². The number of fused-ring (bicyclic) bond motifs is 1. The molecule has 0 amide bonds. The Labute approximate surface area is 101 Å². The van der Waals surface area contributed by atoms with E-state index in [1.807, 2.05) is 0 Å². The normalized spacial score (nSPS) is 10.0. The SMILES string of the molecule is O=C(O)C(=Cc1cnc2ccccc2n1)C(=O)O. The zero-order valence-corrected chi connectivity index (χ0v) is 9.07. The molecular weight excluding hydrogens is 236 g/mol. The molecule has 0 spiro atoms. The van der Waals surface area contributed by atoms with Crippen molar-refractivity contribution in [1.82, 2.24) is 9.97 Å². The molecule has 0 atom stereocenters. The third kappa shape index (κ3) is 2.32. The molecule has 2 N–H and O–H groups in total. The summed E-state index contributed by atoms with van der Waals surface area (Å²) in [6.07, 6.45) is 2.30. The molecule has 6 heteroatoms. The molecule has 1 heterocycles. The van der Waals surface area contributed by atoms with E-state index < -0.39 is 17.5 Å². The van der Waals surface area contributed by atoms with Gasteiger partial charge >= 0.3 is 11.9 Å². The Kier molecular flexibility index (Phi) is 3.01. The van der Waals surface area contributed by atoms with Crippen molar-refractivity contribution in [2.75, 3.05) is 0 Å². The number of hydrogen-bond donors (Lipinski definition) is 2. The summed E-state index contributed by atoms with van der Waals surface area (Å²) in [5.41, 5.74) is 0.663. The minimum atomic E-state index is -1.52. The van der Waals surface area contributed by atoms with Crippen LogP contribution < -0.4 is 0 Å². The molecule has 2 aromatic rings. The van der Waals surface area contributed by atoms with Crippen LogP contribution in [0.1, 0.15) is 5.69 Å². The molecule has 0 aliphatic rings. The largest absolute Gasteiger partial charge is 0.477 e. The lowest BCUT2D eigenvalue weighted by atomic mass is 10.2. The van der Waals surface area contributed by atoms with Crippen LogP contribution in [0.4, 0.5) is 0 Å². The lowest BCUT2D eigenvalue weighted by Crippen LogP contribution is -2.11. The molecule has 0 bridgehead atoms. The molecule has 6 nitrogen and oxygen atoms in total. The van der Waals surface area contributed by atoms with Gasteiger partial charge < -0.3 is 10.2 Å². The van der Waals surface area contributed by atoms with E-state index in [1.165, 1.54) is 6.20 Å². The highest BCUT2D eigenvalue weighted by Crippen LogP contribution is 2.11. The van der Waals surface area contributed by atoms with Gasteiger partial charge in [0.1, 0.15) is 5.57 Å². The van der Waals surface area contributed by atoms with Crippen LogP contribution in [-0.2, 0) is 9.59 Å². The first-order valence-electron chi connectivity index (χ1n) is 4.98. The monoisotopic (exact) mass is 244 g/mol. The van der Waals surface area contributed by atoms with Crippen molar-refractivity contribution in [1.29, 1.82) is 0 Å². The van der Waals surface area contributed by atoms with Crippen LogP contribution in [0, 0.1) is 0 Å². The van der Waals surface area contributed by atoms with Gasteiger partial charge in [0.15, 0.2) is 0 Å². The van der Waals surface area contributed by atoms with E-state index in [0.29, 0.717) is 11.0 Å². The number of aromatic nitrogens is 2. The average Bonchev–Trinajstić information content (AvgIpc) is 2.35. The summed E-state index contributed by atoms with van der Waals surface area (Å²) in [6, 6.07) is 7.03. The number of hydrogen-bond acceptors (Lipinski definition) is 4. The van der Waals surface area contributed by atoms with Crippen LogP contribution >= 0.6 is 0 Å². The molecule has 1 aromatic heterocycles. The van der Waals surface area contributed by atoms with E-state index in [1.54, 1.807) is 24.3 Å². The fraction of sp³-hybridized carbons (Fsp3) is 0. The second-order valence-corrected chi connectivity index (χ2v) is 3.45. The zero-order valence-electron chi connectivity index (χ0n) is 9.07. The Morgan fingerprint density at radius 1 is 1.06 bits per heavy atom. The first-order valence-corrected chi connectivity index (χ1v) is 4.98. The number of carbonyl (C=O) groups is 2. The maximum Gasteiger partial charge on any atom is 0.343 e. The van der Waals surface area contributed by atoms with E-state index in [-0.39, 0.29) is 5.69 Å². The molecule has 0 aliphatic carbocycles. The van der Waals surface area contributed by atoms with Gasteiger partial charge in [0.05, 0.1) is 22.9 Å². The Bertz CT molecular complexity index is 648. The maximum atomic E-state index is 10.7. The summed E-state index contributed by atoms with van der Waals surface area (Å²) >= 11 is 0. The van der Waals surface area contributed by atoms with Crippen molar-refractivity contribution >= 4 is 29.0 Å². The number of benzene rings is 1. The Morgan fingerprint density at radius 2 is 1.67 bits per heavy atom. The summed E-state index contributed by atoms with van der Waals surface area (Å²) in [6.45, 7) is 0. The summed E-state index contributed by atoms with van der Waals surface area (Å²) < 4.78 is 0. The third-order valence-corrected chi connectivity index (χ3v) is 2.22. The van der Waals surface area contributed by atoms with Crippen LogP contribution in [0.15, 0.2) is 36.0 Å².